The highest BCUT2D eigenvalue weighted by molar-refractivity contribution is 6.42. The summed E-state index contributed by atoms with van der Waals surface area (Å²) in [7, 11) is 0. The Morgan fingerprint density at radius 2 is 0.903 bits per heavy atom. The molecular formula is C24H30O7. The van der Waals surface area contributed by atoms with E-state index < -0.39 is 23.4 Å². The first-order valence-corrected chi connectivity index (χ1v) is 12.1. The molecule has 6 fully saturated rings. The second kappa shape index (κ2) is 7.56. The van der Waals surface area contributed by atoms with Crippen LogP contribution in [-0.2, 0) is 33.4 Å². The lowest BCUT2D eigenvalue weighted by atomic mass is 9.71. The summed E-state index contributed by atoms with van der Waals surface area (Å²) in [6.07, 6.45) is 7.83. The van der Waals surface area contributed by atoms with Crippen LogP contribution in [0.1, 0.15) is 64.2 Å². The molecule has 10 unspecified atom stereocenters. The molecule has 3 heterocycles. The number of epoxide rings is 3. The van der Waals surface area contributed by atoms with E-state index in [1.54, 1.807) is 0 Å². The molecule has 0 aromatic rings. The molecule has 0 radical (unpaired) electrons. The lowest BCUT2D eigenvalue weighted by Crippen LogP contribution is -2.42. The zero-order chi connectivity index (χ0) is 21.3. The summed E-state index contributed by atoms with van der Waals surface area (Å²) < 4.78 is 16.6. The molecule has 0 aromatic carbocycles. The molecule has 7 nitrogen and oxygen atoms in total. The van der Waals surface area contributed by atoms with E-state index in [4.69, 9.17) is 14.2 Å². The summed E-state index contributed by atoms with van der Waals surface area (Å²) in [5, 5.41) is 0. The SMILES string of the molecule is O=C(CC1CCC2OC2C1)C(=O)C1CC2OC2CC1C(=O)C(=O)CC1CCC2OC2C1. The molecule has 0 aromatic heterocycles. The van der Waals surface area contributed by atoms with E-state index in [0.29, 0.717) is 25.0 Å². The fourth-order valence-corrected chi connectivity index (χ4v) is 6.49. The van der Waals surface area contributed by atoms with Gasteiger partial charge in [0.2, 0.25) is 11.6 Å². The van der Waals surface area contributed by atoms with Gasteiger partial charge in [-0.25, -0.2) is 0 Å². The van der Waals surface area contributed by atoms with E-state index in [-0.39, 0.29) is 60.7 Å². The van der Waals surface area contributed by atoms with Crippen LogP contribution >= 0.6 is 0 Å². The van der Waals surface area contributed by atoms with E-state index in [1.165, 1.54) is 0 Å². The highest BCUT2D eigenvalue weighted by atomic mass is 16.6. The maximum absolute atomic E-state index is 13.1. The molecule has 168 valence electrons. The van der Waals surface area contributed by atoms with E-state index in [9.17, 15) is 19.2 Å². The predicted octanol–water partition coefficient (Wildman–Crippen LogP) is 1.97. The van der Waals surface area contributed by atoms with Gasteiger partial charge in [0, 0.05) is 24.7 Å². The Balaban J connectivity index is 1.09. The third-order valence-corrected chi connectivity index (χ3v) is 8.54. The van der Waals surface area contributed by atoms with E-state index in [1.807, 2.05) is 0 Å². The molecular weight excluding hydrogens is 400 g/mol. The third-order valence-electron chi connectivity index (χ3n) is 8.54. The van der Waals surface area contributed by atoms with Crippen molar-refractivity contribution in [3.63, 3.8) is 0 Å². The molecule has 0 spiro atoms. The maximum atomic E-state index is 13.1. The summed E-state index contributed by atoms with van der Waals surface area (Å²) in [5.74, 6) is -2.75. The van der Waals surface area contributed by atoms with Crippen LogP contribution in [0.3, 0.4) is 0 Å². The summed E-state index contributed by atoms with van der Waals surface area (Å²) in [4.78, 5) is 51.8. The standard InChI is InChI=1S/C24H30O7/c25-15(5-11-1-3-17-19(7-11)29-17)23(27)13-9-21-22(31-21)10-14(13)24(28)16(26)6-12-2-4-18-20(8-12)30-18/h11-14,17-22H,1-10H2. The number of hydrogen-bond acceptors (Lipinski definition) is 7. The van der Waals surface area contributed by atoms with E-state index >= 15 is 0 Å². The van der Waals surface area contributed by atoms with Gasteiger partial charge >= 0.3 is 0 Å². The Hall–Kier alpha value is -1.44. The summed E-state index contributed by atoms with van der Waals surface area (Å²) in [6, 6.07) is 0. The smallest absolute Gasteiger partial charge is 0.202 e. The van der Waals surface area contributed by atoms with Crippen molar-refractivity contribution in [1.82, 2.24) is 0 Å². The Morgan fingerprint density at radius 1 is 0.516 bits per heavy atom. The van der Waals surface area contributed by atoms with Crippen molar-refractivity contribution in [1.29, 1.82) is 0 Å². The number of carbonyl (C=O) groups excluding carboxylic acids is 4. The quantitative estimate of drug-likeness (QED) is 0.428. The molecule has 31 heavy (non-hydrogen) atoms. The van der Waals surface area contributed by atoms with Gasteiger partial charge in [-0.2, -0.15) is 0 Å². The van der Waals surface area contributed by atoms with Crippen LogP contribution in [0.5, 0.6) is 0 Å². The minimum Gasteiger partial charge on any atom is -0.370 e. The van der Waals surface area contributed by atoms with Gasteiger partial charge in [0.05, 0.1) is 36.6 Å². The van der Waals surface area contributed by atoms with Crippen molar-refractivity contribution in [2.24, 2.45) is 23.7 Å². The fourth-order valence-electron chi connectivity index (χ4n) is 6.49. The first-order chi connectivity index (χ1) is 15.0. The second-order valence-corrected chi connectivity index (χ2v) is 10.7. The average molecular weight is 430 g/mol. The molecule has 10 atom stereocenters. The summed E-state index contributed by atoms with van der Waals surface area (Å²) >= 11 is 0. The van der Waals surface area contributed by atoms with Crippen LogP contribution in [0.2, 0.25) is 0 Å². The van der Waals surface area contributed by atoms with Gasteiger partial charge in [0.15, 0.2) is 11.6 Å². The molecule has 7 heteroatoms. The van der Waals surface area contributed by atoms with Gasteiger partial charge in [-0.3, -0.25) is 19.2 Å². The lowest BCUT2D eigenvalue weighted by molar-refractivity contribution is -0.146. The Kier molecular flexibility index (Phi) is 4.92. The normalized spacial score (nSPS) is 46.7. The summed E-state index contributed by atoms with van der Waals surface area (Å²) in [6.45, 7) is 0. The Bertz CT molecular complexity index is 755. The Labute approximate surface area is 181 Å². The lowest BCUT2D eigenvalue weighted by Gasteiger charge is -2.27. The van der Waals surface area contributed by atoms with Gasteiger partial charge < -0.3 is 14.2 Å². The minimum atomic E-state index is -0.705. The number of Topliss-reactive ketones (excluding diaryl/α,β-unsaturated/α-hetero) is 4. The zero-order valence-electron chi connectivity index (χ0n) is 17.7. The average Bonchev–Trinajstić information content (AvgIpc) is 3.64. The number of ether oxygens (including phenoxy) is 3. The predicted molar refractivity (Wildman–Crippen MR) is 106 cm³/mol. The molecule has 6 rings (SSSR count). The first-order valence-electron chi connectivity index (χ1n) is 12.1. The first kappa shape index (κ1) is 20.2. The third kappa shape index (κ3) is 4.05. The monoisotopic (exact) mass is 430 g/mol. The van der Waals surface area contributed by atoms with Gasteiger partial charge in [-0.15, -0.1) is 0 Å². The van der Waals surface area contributed by atoms with Crippen LogP contribution in [0.15, 0.2) is 0 Å². The van der Waals surface area contributed by atoms with Gasteiger partial charge in [-0.05, 0) is 63.2 Å². The van der Waals surface area contributed by atoms with Crippen molar-refractivity contribution in [2.45, 2.75) is 101 Å². The van der Waals surface area contributed by atoms with Crippen molar-refractivity contribution >= 4 is 23.1 Å². The largest absolute Gasteiger partial charge is 0.370 e. The highest BCUT2D eigenvalue weighted by Crippen LogP contribution is 2.46. The van der Waals surface area contributed by atoms with Gasteiger partial charge in [0.1, 0.15) is 0 Å². The topological polar surface area (TPSA) is 106 Å². The number of hydrogen-bond donors (Lipinski definition) is 0. The van der Waals surface area contributed by atoms with Gasteiger partial charge in [0.25, 0.3) is 0 Å². The molecule has 3 aliphatic carbocycles. The van der Waals surface area contributed by atoms with Gasteiger partial charge in [-0.1, -0.05) is 0 Å². The molecule has 0 bridgehead atoms. The second-order valence-electron chi connectivity index (χ2n) is 10.7. The summed E-state index contributed by atoms with van der Waals surface area (Å²) in [5.41, 5.74) is 0. The van der Waals surface area contributed by atoms with Crippen molar-refractivity contribution in [2.75, 3.05) is 0 Å². The molecule has 0 N–H and O–H groups in total. The number of fused-ring (bicyclic) bond motifs is 3. The Morgan fingerprint density at radius 3 is 1.32 bits per heavy atom. The van der Waals surface area contributed by atoms with Crippen LogP contribution in [0.4, 0.5) is 0 Å². The minimum absolute atomic E-state index is 0.0431. The van der Waals surface area contributed by atoms with Crippen molar-refractivity contribution < 1.29 is 33.4 Å². The molecule has 0 amide bonds. The van der Waals surface area contributed by atoms with Crippen LogP contribution in [0.25, 0.3) is 0 Å². The van der Waals surface area contributed by atoms with Crippen molar-refractivity contribution in [3.8, 4) is 0 Å². The maximum Gasteiger partial charge on any atom is 0.202 e. The molecule has 6 aliphatic rings. The van der Waals surface area contributed by atoms with E-state index in [2.05, 4.69) is 0 Å². The molecule has 3 saturated carbocycles. The number of carbonyl (C=O) groups is 4. The van der Waals surface area contributed by atoms with Crippen LogP contribution < -0.4 is 0 Å². The molecule has 3 aliphatic heterocycles. The number of ketones is 4. The fraction of sp³-hybridized carbons (Fsp3) is 0.833. The van der Waals surface area contributed by atoms with Crippen molar-refractivity contribution in [3.05, 3.63) is 0 Å². The van der Waals surface area contributed by atoms with E-state index in [0.717, 1.165) is 38.5 Å². The van der Waals surface area contributed by atoms with Crippen LogP contribution in [0, 0.1) is 23.7 Å². The molecule has 3 saturated heterocycles. The highest BCUT2D eigenvalue weighted by Gasteiger charge is 2.54. The zero-order valence-corrected chi connectivity index (χ0v) is 17.7. The number of rotatable bonds is 8. The van der Waals surface area contributed by atoms with Crippen LogP contribution in [-0.4, -0.2) is 59.8 Å².